The number of hydrogen-bond donors (Lipinski definition) is 0. The highest BCUT2D eigenvalue weighted by atomic mass is 16.6. The Morgan fingerprint density at radius 1 is 1.30 bits per heavy atom. The van der Waals surface area contributed by atoms with Crippen molar-refractivity contribution < 1.29 is 19.2 Å². The maximum Gasteiger partial charge on any atom is 0.421 e. The topological polar surface area (TPSA) is 89.8 Å². The second-order valence-electron chi connectivity index (χ2n) is 3.77. The molecule has 1 aromatic rings. The van der Waals surface area contributed by atoms with Crippen molar-refractivity contribution in [1.29, 1.82) is 0 Å². The van der Waals surface area contributed by atoms with Crippen molar-refractivity contribution >= 4 is 17.7 Å². The number of carbonyl (C=O) groups excluding carboxylic acids is 2. The van der Waals surface area contributed by atoms with E-state index in [0.717, 1.165) is 4.90 Å². The lowest BCUT2D eigenvalue weighted by molar-refractivity contribution is -0.384. The molecule has 0 saturated carbocycles. The fraction of sp³-hybridized carbons (Fsp3) is 0.385. The maximum absolute atomic E-state index is 11.6. The SMILES string of the molecule is CC.O=C1CCCN1C(=O)Oc1ccc([N+](=O)[O-])cc1. The molecule has 1 aromatic carbocycles. The first-order valence-electron chi connectivity index (χ1n) is 6.34. The Bertz CT molecular complexity index is 498. The Balaban J connectivity index is 0.000000956. The standard InChI is InChI=1S/C11H10N2O5.C2H6/c14-10-2-1-7-12(10)11(15)18-9-5-3-8(4-6-9)13(16)17;1-2/h3-6H,1-2,7H2;1-2H3. The van der Waals surface area contributed by atoms with Gasteiger partial charge in [0, 0.05) is 25.1 Å². The highest BCUT2D eigenvalue weighted by molar-refractivity contribution is 5.94. The van der Waals surface area contributed by atoms with E-state index in [-0.39, 0.29) is 17.3 Å². The van der Waals surface area contributed by atoms with Crippen LogP contribution in [0, 0.1) is 10.1 Å². The van der Waals surface area contributed by atoms with E-state index in [1.54, 1.807) is 0 Å². The summed E-state index contributed by atoms with van der Waals surface area (Å²) in [7, 11) is 0. The van der Waals surface area contributed by atoms with Crippen molar-refractivity contribution in [2.75, 3.05) is 6.54 Å². The zero-order chi connectivity index (χ0) is 15.1. The van der Waals surface area contributed by atoms with Gasteiger partial charge < -0.3 is 4.74 Å². The van der Waals surface area contributed by atoms with Gasteiger partial charge in [0.1, 0.15) is 5.75 Å². The van der Waals surface area contributed by atoms with Gasteiger partial charge in [-0.15, -0.1) is 0 Å². The average molecular weight is 280 g/mol. The molecular formula is C13H16N2O5. The lowest BCUT2D eigenvalue weighted by Crippen LogP contribution is -2.34. The summed E-state index contributed by atoms with van der Waals surface area (Å²) in [4.78, 5) is 33.8. The number of amides is 2. The number of benzene rings is 1. The molecule has 20 heavy (non-hydrogen) atoms. The van der Waals surface area contributed by atoms with Crippen LogP contribution >= 0.6 is 0 Å². The summed E-state index contributed by atoms with van der Waals surface area (Å²) in [5.74, 6) is -0.0905. The molecule has 0 atom stereocenters. The van der Waals surface area contributed by atoms with Crippen LogP contribution in [0.4, 0.5) is 10.5 Å². The van der Waals surface area contributed by atoms with Gasteiger partial charge in [-0.1, -0.05) is 13.8 Å². The van der Waals surface area contributed by atoms with E-state index in [1.165, 1.54) is 24.3 Å². The minimum Gasteiger partial charge on any atom is -0.410 e. The number of likely N-dealkylation sites (tertiary alicyclic amines) is 1. The summed E-state index contributed by atoms with van der Waals surface area (Å²) >= 11 is 0. The summed E-state index contributed by atoms with van der Waals surface area (Å²) in [5.41, 5.74) is -0.0907. The number of nitro groups is 1. The molecule has 108 valence electrons. The minimum absolute atomic E-state index is 0.0907. The van der Waals surface area contributed by atoms with Crippen LogP contribution in [0.25, 0.3) is 0 Å². The van der Waals surface area contributed by atoms with Crippen molar-refractivity contribution in [2.24, 2.45) is 0 Å². The predicted molar refractivity (Wildman–Crippen MR) is 71.4 cm³/mol. The van der Waals surface area contributed by atoms with Gasteiger partial charge in [0.25, 0.3) is 5.69 Å². The number of carbonyl (C=O) groups is 2. The third-order valence-electron chi connectivity index (χ3n) is 2.55. The number of rotatable bonds is 2. The van der Waals surface area contributed by atoms with Gasteiger partial charge in [0.05, 0.1) is 4.92 Å². The van der Waals surface area contributed by atoms with Crippen molar-refractivity contribution in [2.45, 2.75) is 26.7 Å². The van der Waals surface area contributed by atoms with Gasteiger partial charge in [0.2, 0.25) is 5.91 Å². The Morgan fingerprint density at radius 2 is 1.90 bits per heavy atom. The van der Waals surface area contributed by atoms with E-state index in [4.69, 9.17) is 4.74 Å². The molecule has 1 fully saturated rings. The monoisotopic (exact) mass is 280 g/mol. The summed E-state index contributed by atoms with van der Waals surface area (Å²) < 4.78 is 4.95. The number of imide groups is 1. The van der Waals surface area contributed by atoms with E-state index >= 15 is 0 Å². The van der Waals surface area contributed by atoms with Crippen LogP contribution in [-0.4, -0.2) is 28.4 Å². The molecule has 1 aliphatic rings. The quantitative estimate of drug-likeness (QED) is 0.613. The van der Waals surface area contributed by atoms with Gasteiger partial charge in [0.15, 0.2) is 0 Å². The van der Waals surface area contributed by atoms with Crippen LogP contribution in [0.1, 0.15) is 26.7 Å². The van der Waals surface area contributed by atoms with E-state index in [1.807, 2.05) is 13.8 Å². The third kappa shape index (κ3) is 3.78. The molecule has 2 amide bonds. The van der Waals surface area contributed by atoms with Crippen LogP contribution in [0.3, 0.4) is 0 Å². The highest BCUT2D eigenvalue weighted by Gasteiger charge is 2.28. The molecule has 0 unspecified atom stereocenters. The first-order valence-corrected chi connectivity index (χ1v) is 6.34. The summed E-state index contributed by atoms with van der Waals surface area (Å²) in [5, 5.41) is 10.4. The number of nitro benzene ring substituents is 1. The predicted octanol–water partition coefficient (Wildman–Crippen LogP) is 2.74. The first-order chi connectivity index (χ1) is 9.58. The van der Waals surface area contributed by atoms with Crippen molar-refractivity contribution in [3.05, 3.63) is 34.4 Å². The molecule has 1 aliphatic heterocycles. The summed E-state index contributed by atoms with van der Waals surface area (Å²) in [6.45, 7) is 4.35. The molecule has 7 heteroatoms. The number of ether oxygens (including phenoxy) is 1. The molecule has 0 radical (unpaired) electrons. The molecule has 7 nitrogen and oxygen atoms in total. The molecule has 0 aromatic heterocycles. The number of hydrogen-bond acceptors (Lipinski definition) is 5. The lowest BCUT2D eigenvalue weighted by Gasteiger charge is -2.12. The first kappa shape index (κ1) is 15.6. The third-order valence-corrected chi connectivity index (χ3v) is 2.55. The minimum atomic E-state index is -0.744. The molecule has 0 bridgehead atoms. The normalized spacial score (nSPS) is 13.5. The van der Waals surface area contributed by atoms with Crippen LogP contribution in [0.2, 0.25) is 0 Å². The van der Waals surface area contributed by atoms with Crippen molar-refractivity contribution in [1.82, 2.24) is 4.90 Å². The Morgan fingerprint density at radius 3 is 2.35 bits per heavy atom. The highest BCUT2D eigenvalue weighted by Crippen LogP contribution is 2.19. The van der Waals surface area contributed by atoms with Crippen LogP contribution < -0.4 is 4.74 Å². The maximum atomic E-state index is 11.6. The number of non-ortho nitro benzene ring substituents is 1. The Hall–Kier alpha value is -2.44. The van der Waals surface area contributed by atoms with E-state index in [2.05, 4.69) is 0 Å². The fourth-order valence-electron chi connectivity index (χ4n) is 1.63. The second kappa shape index (κ2) is 7.22. The summed E-state index contributed by atoms with van der Waals surface area (Å²) in [6.07, 6.45) is 0.232. The van der Waals surface area contributed by atoms with Crippen molar-refractivity contribution in [3.8, 4) is 5.75 Å². The van der Waals surface area contributed by atoms with Crippen LogP contribution in [0.5, 0.6) is 5.75 Å². The van der Waals surface area contributed by atoms with Gasteiger partial charge >= 0.3 is 6.09 Å². The van der Waals surface area contributed by atoms with Crippen molar-refractivity contribution in [3.63, 3.8) is 0 Å². The molecule has 1 saturated heterocycles. The van der Waals surface area contributed by atoms with E-state index in [0.29, 0.717) is 19.4 Å². The Labute approximate surface area is 116 Å². The molecule has 0 N–H and O–H groups in total. The van der Waals surface area contributed by atoms with Gasteiger partial charge in [-0.05, 0) is 18.6 Å². The average Bonchev–Trinajstić information content (AvgIpc) is 2.88. The zero-order valence-corrected chi connectivity index (χ0v) is 11.4. The lowest BCUT2D eigenvalue weighted by atomic mass is 10.3. The Kier molecular flexibility index (Phi) is 5.64. The van der Waals surface area contributed by atoms with Gasteiger partial charge in [-0.2, -0.15) is 0 Å². The molecule has 1 heterocycles. The molecule has 2 rings (SSSR count). The molecule has 0 spiro atoms. The molecular weight excluding hydrogens is 264 g/mol. The van der Waals surface area contributed by atoms with Gasteiger partial charge in [-0.25, -0.2) is 9.69 Å². The van der Waals surface area contributed by atoms with Gasteiger partial charge in [-0.3, -0.25) is 14.9 Å². The second-order valence-corrected chi connectivity index (χ2v) is 3.77. The van der Waals surface area contributed by atoms with E-state index < -0.39 is 11.0 Å². The molecule has 0 aliphatic carbocycles. The number of nitrogens with zero attached hydrogens (tertiary/aromatic N) is 2. The zero-order valence-electron chi connectivity index (χ0n) is 11.4. The largest absolute Gasteiger partial charge is 0.421 e. The van der Waals surface area contributed by atoms with Crippen LogP contribution in [-0.2, 0) is 4.79 Å². The fourth-order valence-corrected chi connectivity index (χ4v) is 1.63. The van der Waals surface area contributed by atoms with E-state index in [9.17, 15) is 19.7 Å². The van der Waals surface area contributed by atoms with Crippen LogP contribution in [0.15, 0.2) is 24.3 Å². The smallest absolute Gasteiger partial charge is 0.410 e. The summed E-state index contributed by atoms with van der Waals surface area (Å²) in [6, 6.07) is 5.09.